The van der Waals surface area contributed by atoms with E-state index >= 15 is 0 Å². The molecule has 1 N–H and O–H groups in total. The van der Waals surface area contributed by atoms with E-state index in [0.29, 0.717) is 11.8 Å². The van der Waals surface area contributed by atoms with Gasteiger partial charge >= 0.3 is 0 Å². The molecule has 1 aliphatic rings. The smallest absolute Gasteiger partial charge is 0.221 e. The number of nitrogens with one attached hydrogen (secondary N) is 1. The predicted molar refractivity (Wildman–Crippen MR) is 54.5 cm³/mol. The zero-order chi connectivity index (χ0) is 9.68. The minimum absolute atomic E-state index is 0.0276. The first-order valence-corrected chi connectivity index (χ1v) is 4.97. The molecule has 1 unspecified atom stereocenters. The zero-order valence-corrected chi connectivity index (χ0v) is 8.47. The van der Waals surface area contributed by atoms with Crippen molar-refractivity contribution in [3.8, 4) is 0 Å². The SMILES string of the molecule is CC(=O)NC1=CCCC(CCl)C=C1. The van der Waals surface area contributed by atoms with Crippen LogP contribution < -0.4 is 5.32 Å². The van der Waals surface area contributed by atoms with Crippen molar-refractivity contribution >= 4 is 17.5 Å². The first kappa shape index (κ1) is 10.3. The number of hydrogen-bond acceptors (Lipinski definition) is 1. The lowest BCUT2D eigenvalue weighted by Gasteiger charge is -2.02. The molecule has 0 heterocycles. The van der Waals surface area contributed by atoms with Crippen LogP contribution in [0.3, 0.4) is 0 Å². The fourth-order valence-corrected chi connectivity index (χ4v) is 1.54. The van der Waals surface area contributed by atoms with Gasteiger partial charge in [-0.1, -0.05) is 12.2 Å². The third-order valence-electron chi connectivity index (χ3n) is 1.97. The Morgan fingerprint density at radius 1 is 1.77 bits per heavy atom. The number of carbonyl (C=O) groups excluding carboxylic acids is 1. The predicted octanol–water partition coefficient (Wildman–Crippen LogP) is 2.21. The fraction of sp³-hybridized carbons (Fsp3) is 0.500. The molecule has 13 heavy (non-hydrogen) atoms. The van der Waals surface area contributed by atoms with Gasteiger partial charge in [0.05, 0.1) is 0 Å². The van der Waals surface area contributed by atoms with Gasteiger partial charge in [0.15, 0.2) is 0 Å². The van der Waals surface area contributed by atoms with Crippen molar-refractivity contribution in [1.82, 2.24) is 5.32 Å². The molecule has 0 saturated carbocycles. The van der Waals surface area contributed by atoms with Crippen molar-refractivity contribution in [2.75, 3.05) is 5.88 Å². The minimum Gasteiger partial charge on any atom is -0.327 e. The number of halogens is 1. The summed E-state index contributed by atoms with van der Waals surface area (Å²) in [6.07, 6.45) is 8.05. The number of allylic oxidation sites excluding steroid dienone is 3. The number of alkyl halides is 1. The first-order chi connectivity index (χ1) is 6.22. The van der Waals surface area contributed by atoms with Gasteiger partial charge in [-0.15, -0.1) is 11.6 Å². The van der Waals surface area contributed by atoms with Crippen LogP contribution in [-0.2, 0) is 4.79 Å². The largest absolute Gasteiger partial charge is 0.327 e. The molecule has 0 bridgehead atoms. The minimum atomic E-state index is -0.0276. The standard InChI is InChI=1S/C10H14ClNO/c1-8(13)12-10-4-2-3-9(7-11)5-6-10/h4-6,9H,2-3,7H2,1H3,(H,12,13). The maximum atomic E-state index is 10.8. The molecule has 0 aliphatic heterocycles. The molecule has 1 aliphatic carbocycles. The summed E-state index contributed by atoms with van der Waals surface area (Å²) in [7, 11) is 0. The molecule has 2 nitrogen and oxygen atoms in total. The van der Waals surface area contributed by atoms with Crippen LogP contribution in [0.4, 0.5) is 0 Å². The van der Waals surface area contributed by atoms with Gasteiger partial charge in [-0.05, 0) is 24.8 Å². The molecule has 0 radical (unpaired) electrons. The third-order valence-corrected chi connectivity index (χ3v) is 2.36. The second kappa shape index (κ2) is 5.07. The van der Waals surface area contributed by atoms with Crippen molar-refractivity contribution in [3.05, 3.63) is 23.9 Å². The van der Waals surface area contributed by atoms with Crippen LogP contribution in [0.2, 0.25) is 0 Å². The van der Waals surface area contributed by atoms with E-state index in [1.54, 1.807) is 0 Å². The van der Waals surface area contributed by atoms with Gasteiger partial charge in [-0.2, -0.15) is 0 Å². The third kappa shape index (κ3) is 3.64. The molecule has 0 saturated heterocycles. The molecule has 72 valence electrons. The number of rotatable bonds is 2. The van der Waals surface area contributed by atoms with Crippen LogP contribution in [0.15, 0.2) is 23.9 Å². The van der Waals surface area contributed by atoms with Gasteiger partial charge in [0, 0.05) is 18.5 Å². The Morgan fingerprint density at radius 3 is 3.15 bits per heavy atom. The van der Waals surface area contributed by atoms with Crippen LogP contribution in [0.25, 0.3) is 0 Å². The summed E-state index contributed by atoms with van der Waals surface area (Å²) >= 11 is 5.74. The normalized spacial score (nSPS) is 22.0. The van der Waals surface area contributed by atoms with Gasteiger partial charge in [0.2, 0.25) is 5.91 Å². The number of hydrogen-bond donors (Lipinski definition) is 1. The van der Waals surface area contributed by atoms with E-state index in [-0.39, 0.29) is 5.91 Å². The van der Waals surface area contributed by atoms with Crippen molar-refractivity contribution in [3.63, 3.8) is 0 Å². The monoisotopic (exact) mass is 199 g/mol. The van der Waals surface area contributed by atoms with E-state index < -0.39 is 0 Å². The lowest BCUT2D eigenvalue weighted by Crippen LogP contribution is -2.17. The molecule has 1 rings (SSSR count). The molecule has 1 amide bonds. The number of amides is 1. The number of carbonyl (C=O) groups is 1. The summed E-state index contributed by atoms with van der Waals surface area (Å²) in [5.41, 5.74) is 0.889. The maximum Gasteiger partial charge on any atom is 0.221 e. The Hall–Kier alpha value is -0.760. The molecule has 0 aromatic heterocycles. The Morgan fingerprint density at radius 2 is 2.54 bits per heavy atom. The zero-order valence-electron chi connectivity index (χ0n) is 7.72. The van der Waals surface area contributed by atoms with Gasteiger partial charge in [0.1, 0.15) is 0 Å². The molecular weight excluding hydrogens is 186 g/mol. The molecule has 1 atom stereocenters. The molecule has 0 aromatic carbocycles. The van der Waals surface area contributed by atoms with Crippen LogP contribution in [0, 0.1) is 5.92 Å². The Labute approximate surface area is 83.7 Å². The molecule has 0 fully saturated rings. The highest BCUT2D eigenvalue weighted by Gasteiger charge is 2.06. The molecule has 3 heteroatoms. The van der Waals surface area contributed by atoms with Gasteiger partial charge in [0.25, 0.3) is 0 Å². The lowest BCUT2D eigenvalue weighted by atomic mass is 10.1. The highest BCUT2D eigenvalue weighted by molar-refractivity contribution is 6.18. The van der Waals surface area contributed by atoms with Crippen LogP contribution in [0.5, 0.6) is 0 Å². The summed E-state index contributed by atoms with van der Waals surface area (Å²) in [5.74, 6) is 1.06. The summed E-state index contributed by atoms with van der Waals surface area (Å²) in [4.78, 5) is 10.8. The molecule has 0 spiro atoms. The highest BCUT2D eigenvalue weighted by Crippen LogP contribution is 2.16. The van der Waals surface area contributed by atoms with Gasteiger partial charge in [-0.3, -0.25) is 4.79 Å². The first-order valence-electron chi connectivity index (χ1n) is 4.44. The molecule has 0 aromatic rings. The summed E-state index contributed by atoms with van der Waals surface area (Å²) in [6.45, 7) is 1.51. The topological polar surface area (TPSA) is 29.1 Å². The Bertz CT molecular complexity index is 245. The van der Waals surface area contributed by atoms with Crippen LogP contribution in [-0.4, -0.2) is 11.8 Å². The van der Waals surface area contributed by atoms with Crippen molar-refractivity contribution in [2.24, 2.45) is 5.92 Å². The fourth-order valence-electron chi connectivity index (χ4n) is 1.28. The van der Waals surface area contributed by atoms with Crippen molar-refractivity contribution in [1.29, 1.82) is 0 Å². The summed E-state index contributed by atoms with van der Waals surface area (Å²) in [5, 5.41) is 2.76. The van der Waals surface area contributed by atoms with E-state index in [9.17, 15) is 4.79 Å². The van der Waals surface area contributed by atoms with Gasteiger partial charge in [-0.25, -0.2) is 0 Å². The van der Waals surface area contributed by atoms with E-state index in [4.69, 9.17) is 11.6 Å². The second-order valence-corrected chi connectivity index (χ2v) is 3.50. The summed E-state index contributed by atoms with van der Waals surface area (Å²) < 4.78 is 0. The van der Waals surface area contributed by atoms with Crippen LogP contribution >= 0.6 is 11.6 Å². The average molecular weight is 200 g/mol. The van der Waals surface area contributed by atoms with E-state index in [0.717, 1.165) is 18.5 Å². The molecular formula is C10H14ClNO. The average Bonchev–Trinajstić information content (AvgIpc) is 2.29. The maximum absolute atomic E-state index is 10.8. The van der Waals surface area contributed by atoms with E-state index in [1.165, 1.54) is 6.92 Å². The van der Waals surface area contributed by atoms with Crippen LogP contribution in [0.1, 0.15) is 19.8 Å². The second-order valence-electron chi connectivity index (χ2n) is 3.19. The van der Waals surface area contributed by atoms with Crippen molar-refractivity contribution in [2.45, 2.75) is 19.8 Å². The summed E-state index contributed by atoms with van der Waals surface area (Å²) in [6, 6.07) is 0. The van der Waals surface area contributed by atoms with Gasteiger partial charge < -0.3 is 5.32 Å². The van der Waals surface area contributed by atoms with E-state index in [1.807, 2.05) is 12.2 Å². The van der Waals surface area contributed by atoms with E-state index in [2.05, 4.69) is 11.4 Å². The van der Waals surface area contributed by atoms with Crippen molar-refractivity contribution < 1.29 is 4.79 Å². The highest BCUT2D eigenvalue weighted by atomic mass is 35.5. The lowest BCUT2D eigenvalue weighted by molar-refractivity contribution is -0.118. The Balaban J connectivity index is 2.55. The quantitative estimate of drug-likeness (QED) is 0.679. The Kier molecular flexibility index (Phi) is 4.03.